The number of anilines is 2. The standard InChI is InChI=1S/C9H18N4O/c1-9(2,3)7-6(10)8(11)13(12-7)4-5-14/h14H,4-5,10-11H2,1-3H3. The quantitative estimate of drug-likeness (QED) is 0.639. The molecule has 1 aromatic rings. The average molecular weight is 198 g/mol. The van der Waals surface area contributed by atoms with Gasteiger partial charge in [0.25, 0.3) is 0 Å². The number of aliphatic hydroxyl groups is 1. The van der Waals surface area contributed by atoms with E-state index in [1.54, 1.807) is 0 Å². The Balaban J connectivity index is 3.15. The molecule has 5 nitrogen and oxygen atoms in total. The molecule has 0 unspecified atom stereocenters. The molecule has 0 atom stereocenters. The summed E-state index contributed by atoms with van der Waals surface area (Å²) in [6.07, 6.45) is 0. The first-order chi connectivity index (χ1) is 6.38. The molecule has 0 saturated heterocycles. The molecular weight excluding hydrogens is 180 g/mol. The molecule has 1 aromatic heterocycles. The fourth-order valence-electron chi connectivity index (χ4n) is 1.31. The summed E-state index contributed by atoms with van der Waals surface area (Å²) in [6, 6.07) is 0. The number of hydrogen-bond acceptors (Lipinski definition) is 4. The van der Waals surface area contributed by atoms with Gasteiger partial charge in [-0.15, -0.1) is 0 Å². The number of aromatic nitrogens is 2. The summed E-state index contributed by atoms with van der Waals surface area (Å²) in [5.41, 5.74) is 12.8. The lowest BCUT2D eigenvalue weighted by Crippen LogP contribution is -2.15. The number of aliphatic hydroxyl groups excluding tert-OH is 1. The SMILES string of the molecule is CC(C)(C)c1nn(CCO)c(N)c1N. The van der Waals surface area contributed by atoms with Gasteiger partial charge in [-0.25, -0.2) is 4.68 Å². The third-order valence-corrected chi connectivity index (χ3v) is 2.05. The van der Waals surface area contributed by atoms with Crippen molar-refractivity contribution in [3.63, 3.8) is 0 Å². The van der Waals surface area contributed by atoms with Gasteiger partial charge in [0, 0.05) is 5.41 Å². The van der Waals surface area contributed by atoms with E-state index in [1.165, 1.54) is 4.68 Å². The number of hydrogen-bond donors (Lipinski definition) is 3. The van der Waals surface area contributed by atoms with Crippen LogP contribution in [0, 0.1) is 0 Å². The van der Waals surface area contributed by atoms with Crippen LogP contribution in [0.25, 0.3) is 0 Å². The van der Waals surface area contributed by atoms with Gasteiger partial charge < -0.3 is 16.6 Å². The smallest absolute Gasteiger partial charge is 0.145 e. The van der Waals surface area contributed by atoms with Gasteiger partial charge in [-0.2, -0.15) is 5.10 Å². The van der Waals surface area contributed by atoms with E-state index in [1.807, 2.05) is 20.8 Å². The van der Waals surface area contributed by atoms with Gasteiger partial charge in [0.05, 0.1) is 24.5 Å². The van der Waals surface area contributed by atoms with Gasteiger partial charge in [-0.05, 0) is 0 Å². The lowest BCUT2D eigenvalue weighted by molar-refractivity contribution is 0.269. The lowest BCUT2D eigenvalue weighted by Gasteiger charge is -2.15. The van der Waals surface area contributed by atoms with Crippen molar-refractivity contribution in [3.05, 3.63) is 5.69 Å². The van der Waals surface area contributed by atoms with Crippen molar-refractivity contribution in [2.24, 2.45) is 0 Å². The lowest BCUT2D eigenvalue weighted by atomic mass is 9.91. The zero-order valence-corrected chi connectivity index (χ0v) is 8.91. The predicted molar refractivity (Wildman–Crippen MR) is 56.8 cm³/mol. The van der Waals surface area contributed by atoms with Crippen LogP contribution in [0.2, 0.25) is 0 Å². The Bertz CT molecular complexity index is 324. The molecule has 5 heteroatoms. The molecule has 1 rings (SSSR count). The number of rotatable bonds is 2. The summed E-state index contributed by atoms with van der Waals surface area (Å²) in [4.78, 5) is 0. The summed E-state index contributed by atoms with van der Waals surface area (Å²) in [5.74, 6) is 0.434. The highest BCUT2D eigenvalue weighted by molar-refractivity contribution is 5.63. The van der Waals surface area contributed by atoms with E-state index in [0.717, 1.165) is 5.69 Å². The van der Waals surface area contributed by atoms with E-state index in [-0.39, 0.29) is 12.0 Å². The van der Waals surface area contributed by atoms with Gasteiger partial charge >= 0.3 is 0 Å². The van der Waals surface area contributed by atoms with Gasteiger partial charge in [-0.1, -0.05) is 20.8 Å². The molecule has 0 amide bonds. The molecule has 0 aliphatic carbocycles. The fourth-order valence-corrected chi connectivity index (χ4v) is 1.31. The summed E-state index contributed by atoms with van der Waals surface area (Å²) in [7, 11) is 0. The maximum absolute atomic E-state index is 8.79. The Hall–Kier alpha value is -1.23. The van der Waals surface area contributed by atoms with Crippen LogP contribution in [0.4, 0.5) is 11.5 Å². The van der Waals surface area contributed by atoms with Gasteiger partial charge in [0.2, 0.25) is 0 Å². The second kappa shape index (κ2) is 3.49. The van der Waals surface area contributed by atoms with Crippen LogP contribution in [0.5, 0.6) is 0 Å². The van der Waals surface area contributed by atoms with Crippen molar-refractivity contribution in [1.29, 1.82) is 0 Å². The highest BCUT2D eigenvalue weighted by Gasteiger charge is 2.23. The molecule has 0 aliphatic heterocycles. The summed E-state index contributed by atoms with van der Waals surface area (Å²) in [6.45, 7) is 6.46. The first-order valence-electron chi connectivity index (χ1n) is 4.61. The second-order valence-corrected chi connectivity index (χ2v) is 4.34. The minimum atomic E-state index is -0.126. The van der Waals surface area contributed by atoms with Crippen LogP contribution in [-0.4, -0.2) is 21.5 Å². The molecule has 0 spiro atoms. The number of nitrogens with two attached hydrogens (primary N) is 2. The van der Waals surface area contributed by atoms with Crippen molar-refractivity contribution < 1.29 is 5.11 Å². The summed E-state index contributed by atoms with van der Waals surface area (Å²) in [5, 5.41) is 13.1. The number of nitrogens with zero attached hydrogens (tertiary/aromatic N) is 2. The van der Waals surface area contributed by atoms with Crippen LogP contribution in [-0.2, 0) is 12.0 Å². The largest absolute Gasteiger partial charge is 0.394 e. The summed E-state index contributed by atoms with van der Waals surface area (Å²) < 4.78 is 1.54. The van der Waals surface area contributed by atoms with Crippen LogP contribution < -0.4 is 11.5 Å². The first kappa shape index (κ1) is 10.8. The maximum Gasteiger partial charge on any atom is 0.145 e. The van der Waals surface area contributed by atoms with Crippen molar-refractivity contribution in [2.45, 2.75) is 32.7 Å². The van der Waals surface area contributed by atoms with E-state index >= 15 is 0 Å². The maximum atomic E-state index is 8.79. The second-order valence-electron chi connectivity index (χ2n) is 4.34. The molecule has 0 aromatic carbocycles. The number of nitrogen functional groups attached to an aromatic ring is 2. The molecule has 0 fully saturated rings. The van der Waals surface area contributed by atoms with Crippen molar-refractivity contribution >= 4 is 11.5 Å². The van der Waals surface area contributed by atoms with E-state index in [0.29, 0.717) is 18.1 Å². The summed E-state index contributed by atoms with van der Waals surface area (Å²) >= 11 is 0. The van der Waals surface area contributed by atoms with Gasteiger partial charge in [0.1, 0.15) is 5.82 Å². The molecule has 0 bridgehead atoms. The van der Waals surface area contributed by atoms with E-state index in [4.69, 9.17) is 16.6 Å². The van der Waals surface area contributed by atoms with E-state index in [2.05, 4.69) is 5.10 Å². The zero-order valence-electron chi connectivity index (χ0n) is 8.91. The minimum Gasteiger partial charge on any atom is -0.394 e. The van der Waals surface area contributed by atoms with Crippen LogP contribution in [0.15, 0.2) is 0 Å². The van der Waals surface area contributed by atoms with Crippen LogP contribution in [0.3, 0.4) is 0 Å². The Kier molecular flexibility index (Phi) is 2.71. The van der Waals surface area contributed by atoms with E-state index < -0.39 is 0 Å². The normalized spacial score (nSPS) is 12.0. The van der Waals surface area contributed by atoms with Gasteiger partial charge in [-0.3, -0.25) is 0 Å². The Labute approximate surface area is 83.7 Å². The predicted octanol–water partition coefficient (Wildman–Crippen LogP) is 0.337. The zero-order chi connectivity index (χ0) is 10.9. The molecule has 0 aliphatic rings. The fraction of sp³-hybridized carbons (Fsp3) is 0.667. The van der Waals surface area contributed by atoms with Crippen molar-refractivity contribution in [1.82, 2.24) is 9.78 Å². The third-order valence-electron chi connectivity index (χ3n) is 2.05. The molecule has 5 N–H and O–H groups in total. The molecule has 14 heavy (non-hydrogen) atoms. The Morgan fingerprint density at radius 3 is 2.29 bits per heavy atom. The highest BCUT2D eigenvalue weighted by Crippen LogP contribution is 2.30. The average Bonchev–Trinajstić information content (AvgIpc) is 2.32. The minimum absolute atomic E-state index is 0.00883. The van der Waals surface area contributed by atoms with Gasteiger partial charge in [0.15, 0.2) is 0 Å². The highest BCUT2D eigenvalue weighted by atomic mass is 16.3. The first-order valence-corrected chi connectivity index (χ1v) is 4.61. The molecule has 80 valence electrons. The molecule has 0 radical (unpaired) electrons. The van der Waals surface area contributed by atoms with Crippen LogP contribution in [0.1, 0.15) is 26.5 Å². The van der Waals surface area contributed by atoms with E-state index in [9.17, 15) is 0 Å². The third kappa shape index (κ3) is 1.82. The molecule has 1 heterocycles. The Morgan fingerprint density at radius 2 is 1.93 bits per heavy atom. The Morgan fingerprint density at radius 1 is 1.36 bits per heavy atom. The molecular formula is C9H18N4O. The van der Waals surface area contributed by atoms with Crippen molar-refractivity contribution in [2.75, 3.05) is 18.1 Å². The molecule has 0 saturated carbocycles. The monoisotopic (exact) mass is 198 g/mol. The van der Waals surface area contributed by atoms with Crippen molar-refractivity contribution in [3.8, 4) is 0 Å². The topological polar surface area (TPSA) is 90.1 Å². The van der Waals surface area contributed by atoms with Crippen LogP contribution >= 0.6 is 0 Å².